The summed E-state index contributed by atoms with van der Waals surface area (Å²) in [5, 5.41) is 0. The van der Waals surface area contributed by atoms with Gasteiger partial charge in [0, 0.05) is 13.2 Å². The summed E-state index contributed by atoms with van der Waals surface area (Å²) in [6.45, 7) is 5.47. The van der Waals surface area contributed by atoms with E-state index in [2.05, 4.69) is 20.9 Å². The van der Waals surface area contributed by atoms with E-state index < -0.39 is 11.6 Å². The van der Waals surface area contributed by atoms with Crippen LogP contribution in [0.5, 0.6) is 0 Å². The van der Waals surface area contributed by atoms with Gasteiger partial charge in [0.1, 0.15) is 5.60 Å². The number of nitrogens with zero attached hydrogens (tertiary/aromatic N) is 2. The predicted octanol–water partition coefficient (Wildman–Crippen LogP) is 2.14. The standard InChI is InChI=1S/C9H13BrN2O2/c1-9(2,3)14-7(13)6-5-12(4)8(10)11-6/h5H,1-4H3. The summed E-state index contributed by atoms with van der Waals surface area (Å²) in [5.41, 5.74) is -0.171. The molecule has 0 aromatic carbocycles. The van der Waals surface area contributed by atoms with Crippen molar-refractivity contribution in [1.82, 2.24) is 9.55 Å². The van der Waals surface area contributed by atoms with Crippen LogP contribution in [0.25, 0.3) is 0 Å². The van der Waals surface area contributed by atoms with E-state index in [-0.39, 0.29) is 0 Å². The number of aromatic nitrogens is 2. The molecule has 4 nitrogen and oxygen atoms in total. The van der Waals surface area contributed by atoms with Crippen molar-refractivity contribution in [3.05, 3.63) is 16.6 Å². The first-order valence-corrected chi connectivity index (χ1v) is 5.01. The van der Waals surface area contributed by atoms with Gasteiger partial charge in [-0.15, -0.1) is 0 Å². The molecule has 78 valence electrons. The number of imidazole rings is 1. The minimum absolute atomic E-state index is 0.314. The molecule has 0 amide bonds. The summed E-state index contributed by atoms with van der Waals surface area (Å²) in [6.07, 6.45) is 1.62. The molecule has 1 aromatic rings. The summed E-state index contributed by atoms with van der Waals surface area (Å²) in [6, 6.07) is 0. The molecule has 1 heterocycles. The van der Waals surface area contributed by atoms with Gasteiger partial charge < -0.3 is 9.30 Å². The van der Waals surface area contributed by atoms with Crippen molar-refractivity contribution in [3.63, 3.8) is 0 Å². The molecule has 14 heavy (non-hydrogen) atoms. The molecule has 0 atom stereocenters. The van der Waals surface area contributed by atoms with E-state index in [0.29, 0.717) is 10.4 Å². The number of hydrogen-bond donors (Lipinski definition) is 0. The van der Waals surface area contributed by atoms with Crippen molar-refractivity contribution in [3.8, 4) is 0 Å². The smallest absolute Gasteiger partial charge is 0.359 e. The second kappa shape index (κ2) is 3.73. The van der Waals surface area contributed by atoms with Gasteiger partial charge in [0.05, 0.1) is 0 Å². The molecule has 0 fully saturated rings. The van der Waals surface area contributed by atoms with Gasteiger partial charge in [0.25, 0.3) is 0 Å². The number of hydrogen-bond acceptors (Lipinski definition) is 3. The topological polar surface area (TPSA) is 44.1 Å². The molecular formula is C9H13BrN2O2. The van der Waals surface area contributed by atoms with Crippen molar-refractivity contribution < 1.29 is 9.53 Å². The Bertz CT molecular complexity index is 333. The summed E-state index contributed by atoms with van der Waals surface area (Å²) >= 11 is 3.21. The van der Waals surface area contributed by atoms with Crippen LogP contribution in [-0.2, 0) is 11.8 Å². The Morgan fingerprint density at radius 2 is 2.14 bits per heavy atom. The molecule has 5 heteroatoms. The third-order valence-electron chi connectivity index (χ3n) is 1.43. The number of ether oxygens (including phenoxy) is 1. The van der Waals surface area contributed by atoms with Gasteiger partial charge >= 0.3 is 5.97 Å². The summed E-state index contributed by atoms with van der Waals surface area (Å²) in [7, 11) is 1.80. The van der Waals surface area contributed by atoms with Gasteiger partial charge in [-0.05, 0) is 36.7 Å². The summed E-state index contributed by atoms with van der Waals surface area (Å²) in [5.74, 6) is -0.404. The first-order chi connectivity index (χ1) is 6.29. The molecule has 0 N–H and O–H groups in total. The molecule has 0 bridgehead atoms. The lowest BCUT2D eigenvalue weighted by Crippen LogP contribution is -2.24. The quantitative estimate of drug-likeness (QED) is 0.727. The number of carbonyl (C=O) groups is 1. The minimum atomic E-state index is -0.485. The Kier molecular flexibility index (Phi) is 2.99. The minimum Gasteiger partial charge on any atom is -0.455 e. The molecule has 0 radical (unpaired) electrons. The Balaban J connectivity index is 2.80. The molecule has 1 rings (SSSR count). The molecular weight excluding hydrogens is 248 g/mol. The van der Waals surface area contributed by atoms with Crippen LogP contribution in [0.4, 0.5) is 0 Å². The Morgan fingerprint density at radius 3 is 2.50 bits per heavy atom. The molecule has 0 aliphatic carbocycles. The predicted molar refractivity (Wildman–Crippen MR) is 56.1 cm³/mol. The van der Waals surface area contributed by atoms with Crippen LogP contribution in [0.2, 0.25) is 0 Å². The van der Waals surface area contributed by atoms with Gasteiger partial charge in [-0.1, -0.05) is 0 Å². The average molecular weight is 261 g/mol. The van der Waals surface area contributed by atoms with Crippen molar-refractivity contribution in [2.45, 2.75) is 26.4 Å². The molecule has 0 spiro atoms. The molecule has 0 aliphatic heterocycles. The van der Waals surface area contributed by atoms with Gasteiger partial charge in [0.15, 0.2) is 10.4 Å². The summed E-state index contributed by atoms with van der Waals surface area (Å²) in [4.78, 5) is 15.5. The number of carbonyl (C=O) groups excluding carboxylic acids is 1. The van der Waals surface area contributed by atoms with Crippen LogP contribution in [0.3, 0.4) is 0 Å². The Hall–Kier alpha value is -0.840. The lowest BCUT2D eigenvalue weighted by atomic mass is 10.2. The van der Waals surface area contributed by atoms with Crippen molar-refractivity contribution in [1.29, 1.82) is 0 Å². The summed E-state index contributed by atoms with van der Waals surface area (Å²) < 4.78 is 7.47. The number of halogens is 1. The maximum absolute atomic E-state index is 11.5. The monoisotopic (exact) mass is 260 g/mol. The van der Waals surface area contributed by atoms with E-state index in [1.54, 1.807) is 17.8 Å². The highest BCUT2D eigenvalue weighted by Crippen LogP contribution is 2.13. The normalized spacial score (nSPS) is 11.5. The van der Waals surface area contributed by atoms with Crippen LogP contribution in [-0.4, -0.2) is 21.1 Å². The van der Waals surface area contributed by atoms with E-state index in [4.69, 9.17) is 4.74 Å². The van der Waals surface area contributed by atoms with Crippen LogP contribution in [0, 0.1) is 0 Å². The first kappa shape index (κ1) is 11.2. The largest absolute Gasteiger partial charge is 0.455 e. The molecule has 0 unspecified atom stereocenters. The zero-order valence-electron chi connectivity index (χ0n) is 8.67. The van der Waals surface area contributed by atoms with E-state index in [1.807, 2.05) is 20.8 Å². The third kappa shape index (κ3) is 2.83. The zero-order valence-corrected chi connectivity index (χ0v) is 10.3. The fraction of sp³-hybridized carbons (Fsp3) is 0.556. The van der Waals surface area contributed by atoms with Crippen molar-refractivity contribution >= 4 is 21.9 Å². The van der Waals surface area contributed by atoms with Gasteiger partial charge in [0.2, 0.25) is 0 Å². The van der Waals surface area contributed by atoms with Crippen LogP contribution in [0.1, 0.15) is 31.3 Å². The lowest BCUT2D eigenvalue weighted by Gasteiger charge is -2.18. The van der Waals surface area contributed by atoms with Crippen LogP contribution >= 0.6 is 15.9 Å². The Morgan fingerprint density at radius 1 is 1.57 bits per heavy atom. The third-order valence-corrected chi connectivity index (χ3v) is 2.16. The maximum atomic E-state index is 11.5. The van der Waals surface area contributed by atoms with Gasteiger partial charge in [-0.25, -0.2) is 9.78 Å². The van der Waals surface area contributed by atoms with Crippen LogP contribution in [0.15, 0.2) is 10.9 Å². The maximum Gasteiger partial charge on any atom is 0.359 e. The molecule has 0 saturated heterocycles. The molecule has 0 saturated carbocycles. The average Bonchev–Trinajstić information content (AvgIpc) is 2.28. The SMILES string of the molecule is Cn1cc(C(=O)OC(C)(C)C)nc1Br. The fourth-order valence-electron chi connectivity index (χ4n) is 0.873. The number of aryl methyl sites for hydroxylation is 1. The highest BCUT2D eigenvalue weighted by Gasteiger charge is 2.20. The molecule has 0 aliphatic rings. The first-order valence-electron chi connectivity index (χ1n) is 4.22. The van der Waals surface area contributed by atoms with E-state index in [0.717, 1.165) is 0 Å². The second-order valence-corrected chi connectivity index (χ2v) is 4.72. The lowest BCUT2D eigenvalue weighted by molar-refractivity contribution is 0.00632. The van der Waals surface area contributed by atoms with E-state index in [9.17, 15) is 4.79 Å². The van der Waals surface area contributed by atoms with Gasteiger partial charge in [-0.3, -0.25) is 0 Å². The molecule has 1 aromatic heterocycles. The zero-order chi connectivity index (χ0) is 10.9. The second-order valence-electron chi connectivity index (χ2n) is 4.01. The van der Waals surface area contributed by atoms with Gasteiger partial charge in [-0.2, -0.15) is 0 Å². The highest BCUT2D eigenvalue weighted by atomic mass is 79.9. The number of esters is 1. The van der Waals surface area contributed by atoms with E-state index >= 15 is 0 Å². The Labute approximate surface area is 91.4 Å². The van der Waals surface area contributed by atoms with E-state index in [1.165, 1.54) is 0 Å². The highest BCUT2D eigenvalue weighted by molar-refractivity contribution is 9.10. The number of rotatable bonds is 1. The van der Waals surface area contributed by atoms with Crippen molar-refractivity contribution in [2.24, 2.45) is 7.05 Å². The van der Waals surface area contributed by atoms with Crippen molar-refractivity contribution in [2.75, 3.05) is 0 Å². The fourth-order valence-corrected chi connectivity index (χ4v) is 1.17. The van der Waals surface area contributed by atoms with Crippen LogP contribution < -0.4 is 0 Å².